The van der Waals surface area contributed by atoms with Crippen LogP contribution >= 0.6 is 0 Å². The number of pyridine rings is 2. The first-order chi connectivity index (χ1) is 10.4. The van der Waals surface area contributed by atoms with E-state index >= 15 is 0 Å². The number of aromatic nitrogens is 2. The number of nitrogens with two attached hydrogens (primary N) is 1. The second-order valence-electron chi connectivity index (χ2n) is 4.72. The molecular weight excluding hydrogens is 262 g/mol. The Morgan fingerprint density at radius 2 is 1.76 bits per heavy atom. The van der Waals surface area contributed by atoms with E-state index in [2.05, 4.69) is 45.0 Å². The standard InChI is InChI=1S/C16H17N5/c17-21-15-8-2-7-14(20-15)18-11-9-13-5-1-4-12-6-3-10-19-16(12)13/h1-8,10H,9,11,17H2,(H2,18,20,21). The fraction of sp³-hybridized carbons (Fsp3) is 0.125. The molecule has 0 atom stereocenters. The summed E-state index contributed by atoms with van der Waals surface area (Å²) in [4.78, 5) is 8.79. The number of nitrogen functional groups attached to an aromatic ring is 1. The molecule has 0 bridgehead atoms. The Bertz CT molecular complexity index is 736. The summed E-state index contributed by atoms with van der Waals surface area (Å²) in [6.45, 7) is 0.788. The Morgan fingerprint density at radius 1 is 0.952 bits per heavy atom. The second-order valence-corrected chi connectivity index (χ2v) is 4.72. The van der Waals surface area contributed by atoms with Gasteiger partial charge < -0.3 is 10.7 Å². The van der Waals surface area contributed by atoms with Crippen molar-refractivity contribution in [1.82, 2.24) is 9.97 Å². The molecule has 3 rings (SSSR count). The van der Waals surface area contributed by atoms with Gasteiger partial charge in [-0.3, -0.25) is 4.98 Å². The van der Waals surface area contributed by atoms with Gasteiger partial charge in [0.25, 0.3) is 0 Å². The predicted octanol–water partition coefficient (Wildman–Crippen LogP) is 2.57. The third-order valence-electron chi connectivity index (χ3n) is 3.31. The van der Waals surface area contributed by atoms with Crippen LogP contribution in [0.1, 0.15) is 5.56 Å². The first kappa shape index (κ1) is 13.3. The average molecular weight is 279 g/mol. The SMILES string of the molecule is NNc1cccc(NCCc2cccc3cccnc23)n1. The normalized spacial score (nSPS) is 10.5. The quantitative estimate of drug-likeness (QED) is 0.494. The highest BCUT2D eigenvalue weighted by atomic mass is 15.3. The van der Waals surface area contributed by atoms with Crippen molar-refractivity contribution >= 4 is 22.5 Å². The fourth-order valence-electron chi connectivity index (χ4n) is 2.31. The van der Waals surface area contributed by atoms with Crippen molar-refractivity contribution in [3.63, 3.8) is 0 Å². The molecule has 0 spiro atoms. The minimum atomic E-state index is 0.645. The number of anilines is 2. The van der Waals surface area contributed by atoms with E-state index in [1.54, 1.807) is 0 Å². The van der Waals surface area contributed by atoms with Gasteiger partial charge in [0.05, 0.1) is 5.52 Å². The third-order valence-corrected chi connectivity index (χ3v) is 3.31. The number of fused-ring (bicyclic) bond motifs is 1. The molecule has 0 amide bonds. The summed E-state index contributed by atoms with van der Waals surface area (Å²) < 4.78 is 0. The summed E-state index contributed by atoms with van der Waals surface area (Å²) in [6.07, 6.45) is 2.72. The molecular formula is C16H17N5. The van der Waals surface area contributed by atoms with Gasteiger partial charge in [-0.05, 0) is 30.2 Å². The summed E-state index contributed by atoms with van der Waals surface area (Å²) in [5, 5.41) is 4.47. The number of benzene rings is 1. The van der Waals surface area contributed by atoms with Gasteiger partial charge in [-0.1, -0.05) is 30.3 Å². The van der Waals surface area contributed by atoms with E-state index in [1.807, 2.05) is 30.5 Å². The number of hydrazine groups is 1. The maximum atomic E-state index is 5.35. The van der Waals surface area contributed by atoms with Crippen LogP contribution in [0.3, 0.4) is 0 Å². The average Bonchev–Trinajstić information content (AvgIpc) is 2.55. The van der Waals surface area contributed by atoms with E-state index in [0.29, 0.717) is 5.82 Å². The third kappa shape index (κ3) is 3.09. The molecule has 0 fully saturated rings. The first-order valence-electron chi connectivity index (χ1n) is 6.87. The molecule has 5 nitrogen and oxygen atoms in total. The van der Waals surface area contributed by atoms with Crippen LogP contribution in [0.5, 0.6) is 0 Å². The van der Waals surface area contributed by atoms with Crippen molar-refractivity contribution in [2.75, 3.05) is 17.3 Å². The molecule has 2 aromatic heterocycles. The van der Waals surface area contributed by atoms with Crippen LogP contribution in [0.15, 0.2) is 54.7 Å². The van der Waals surface area contributed by atoms with Gasteiger partial charge >= 0.3 is 0 Å². The van der Waals surface area contributed by atoms with E-state index in [9.17, 15) is 0 Å². The van der Waals surface area contributed by atoms with Gasteiger partial charge in [0.1, 0.15) is 11.6 Å². The summed E-state index contributed by atoms with van der Waals surface area (Å²) in [6, 6.07) is 15.9. The van der Waals surface area contributed by atoms with Crippen molar-refractivity contribution in [3.8, 4) is 0 Å². The number of nitrogens with zero attached hydrogens (tertiary/aromatic N) is 2. The summed E-state index contributed by atoms with van der Waals surface area (Å²) in [5.41, 5.74) is 4.83. The van der Waals surface area contributed by atoms with E-state index in [-0.39, 0.29) is 0 Å². The van der Waals surface area contributed by atoms with E-state index in [1.165, 1.54) is 10.9 Å². The molecule has 106 valence electrons. The van der Waals surface area contributed by atoms with Crippen LogP contribution in [0.25, 0.3) is 10.9 Å². The van der Waals surface area contributed by atoms with Crippen molar-refractivity contribution < 1.29 is 0 Å². The van der Waals surface area contributed by atoms with Crippen LogP contribution in [0.4, 0.5) is 11.6 Å². The molecule has 0 aliphatic carbocycles. The molecule has 0 radical (unpaired) electrons. The van der Waals surface area contributed by atoms with Gasteiger partial charge in [0, 0.05) is 18.1 Å². The van der Waals surface area contributed by atoms with Crippen LogP contribution in [0.2, 0.25) is 0 Å². The molecule has 4 N–H and O–H groups in total. The smallest absolute Gasteiger partial charge is 0.142 e. The maximum absolute atomic E-state index is 5.35. The molecule has 0 saturated carbocycles. The fourth-order valence-corrected chi connectivity index (χ4v) is 2.31. The number of rotatable bonds is 5. The van der Waals surface area contributed by atoms with Gasteiger partial charge in [-0.25, -0.2) is 10.8 Å². The number of hydrogen-bond donors (Lipinski definition) is 3. The highest BCUT2D eigenvalue weighted by Crippen LogP contribution is 2.16. The summed E-state index contributed by atoms with van der Waals surface area (Å²) >= 11 is 0. The van der Waals surface area contributed by atoms with Crippen molar-refractivity contribution in [3.05, 3.63) is 60.3 Å². The molecule has 2 heterocycles. The second kappa shape index (κ2) is 6.19. The van der Waals surface area contributed by atoms with Crippen LogP contribution in [-0.4, -0.2) is 16.5 Å². The van der Waals surface area contributed by atoms with Crippen molar-refractivity contribution in [2.45, 2.75) is 6.42 Å². The topological polar surface area (TPSA) is 75.9 Å². The number of nitrogens with one attached hydrogen (secondary N) is 2. The minimum absolute atomic E-state index is 0.645. The van der Waals surface area contributed by atoms with Crippen LogP contribution in [-0.2, 0) is 6.42 Å². The Kier molecular flexibility index (Phi) is 3.93. The van der Waals surface area contributed by atoms with Gasteiger partial charge in [-0.2, -0.15) is 0 Å². The zero-order valence-corrected chi connectivity index (χ0v) is 11.6. The highest BCUT2D eigenvalue weighted by Gasteiger charge is 2.02. The lowest BCUT2D eigenvalue weighted by Crippen LogP contribution is -2.11. The van der Waals surface area contributed by atoms with Gasteiger partial charge in [0.15, 0.2) is 0 Å². The Hall–Kier alpha value is -2.66. The number of hydrogen-bond acceptors (Lipinski definition) is 5. The van der Waals surface area contributed by atoms with Crippen LogP contribution < -0.4 is 16.6 Å². The van der Waals surface area contributed by atoms with Crippen molar-refractivity contribution in [1.29, 1.82) is 0 Å². The van der Waals surface area contributed by atoms with E-state index in [0.717, 1.165) is 24.3 Å². The summed E-state index contributed by atoms with van der Waals surface area (Å²) in [5.74, 6) is 6.80. The Balaban J connectivity index is 1.69. The van der Waals surface area contributed by atoms with Gasteiger partial charge in [0.2, 0.25) is 0 Å². The maximum Gasteiger partial charge on any atom is 0.142 e. The van der Waals surface area contributed by atoms with E-state index < -0.39 is 0 Å². The monoisotopic (exact) mass is 279 g/mol. The molecule has 3 aromatic rings. The molecule has 21 heavy (non-hydrogen) atoms. The zero-order valence-electron chi connectivity index (χ0n) is 11.6. The lowest BCUT2D eigenvalue weighted by atomic mass is 10.1. The number of para-hydroxylation sites is 1. The van der Waals surface area contributed by atoms with Gasteiger partial charge in [-0.15, -0.1) is 0 Å². The predicted molar refractivity (Wildman–Crippen MR) is 86.0 cm³/mol. The zero-order chi connectivity index (χ0) is 14.5. The largest absolute Gasteiger partial charge is 0.370 e. The van der Waals surface area contributed by atoms with Crippen molar-refractivity contribution in [2.24, 2.45) is 5.84 Å². The molecule has 0 aliphatic rings. The molecule has 0 saturated heterocycles. The lowest BCUT2D eigenvalue weighted by Gasteiger charge is -2.08. The first-order valence-corrected chi connectivity index (χ1v) is 6.87. The Morgan fingerprint density at radius 3 is 2.67 bits per heavy atom. The molecule has 5 heteroatoms. The lowest BCUT2D eigenvalue weighted by molar-refractivity contribution is 1.01. The summed E-state index contributed by atoms with van der Waals surface area (Å²) in [7, 11) is 0. The molecule has 0 unspecified atom stereocenters. The van der Waals surface area contributed by atoms with Crippen LogP contribution in [0, 0.1) is 0 Å². The van der Waals surface area contributed by atoms with E-state index in [4.69, 9.17) is 5.84 Å². The highest BCUT2D eigenvalue weighted by molar-refractivity contribution is 5.81. The Labute approximate surface area is 123 Å². The molecule has 1 aromatic carbocycles. The minimum Gasteiger partial charge on any atom is -0.370 e. The molecule has 0 aliphatic heterocycles.